The largest absolute Gasteiger partial charge is 0.448 e. The number of rotatable bonds is 2. The predicted octanol–water partition coefficient (Wildman–Crippen LogP) is 4.37. The lowest BCUT2D eigenvalue weighted by Crippen LogP contribution is -2.72. The van der Waals surface area contributed by atoms with Gasteiger partial charge in [-0.15, -0.1) is 0 Å². The zero-order valence-corrected chi connectivity index (χ0v) is 16.6. The number of benzene rings is 2. The highest BCUT2D eigenvalue weighted by atomic mass is 16.6. The molecule has 2 heterocycles. The highest BCUT2D eigenvalue weighted by molar-refractivity contribution is 5.81. The third kappa shape index (κ3) is 2.08. The molecule has 6 heteroatoms. The summed E-state index contributed by atoms with van der Waals surface area (Å²) < 4.78 is 10.7. The first-order chi connectivity index (χ1) is 13.4. The number of carbonyl (C=O) groups excluding carboxylic acids is 2. The maximum atomic E-state index is 13.1. The van der Waals surface area contributed by atoms with Crippen molar-refractivity contribution in [3.8, 4) is 0 Å². The van der Waals surface area contributed by atoms with Crippen molar-refractivity contribution in [2.24, 2.45) is 0 Å². The van der Waals surface area contributed by atoms with Gasteiger partial charge in [0, 0.05) is 0 Å². The van der Waals surface area contributed by atoms with E-state index in [2.05, 4.69) is 0 Å². The summed E-state index contributed by atoms with van der Waals surface area (Å²) in [5.41, 5.74) is 2.11. The molecule has 0 atom stereocenters. The molecular formula is C22H24N2O4. The molecule has 1 aliphatic carbocycles. The minimum atomic E-state index is -0.899. The molecule has 0 fully saturated rings. The van der Waals surface area contributed by atoms with Crippen molar-refractivity contribution in [1.82, 2.24) is 10.0 Å². The van der Waals surface area contributed by atoms with E-state index in [1.54, 1.807) is 13.8 Å². The zero-order chi connectivity index (χ0) is 20.1. The van der Waals surface area contributed by atoms with E-state index >= 15 is 0 Å². The van der Waals surface area contributed by atoms with Crippen LogP contribution in [0.5, 0.6) is 0 Å². The van der Waals surface area contributed by atoms with Crippen LogP contribution in [0.25, 0.3) is 0 Å². The van der Waals surface area contributed by atoms with E-state index in [1.165, 1.54) is 10.0 Å². The number of amides is 2. The van der Waals surface area contributed by atoms with Gasteiger partial charge in [0.05, 0.1) is 13.2 Å². The molecule has 2 amide bonds. The minimum absolute atomic E-state index is 0.210. The van der Waals surface area contributed by atoms with Crippen LogP contribution in [-0.4, -0.2) is 35.4 Å². The molecule has 2 aromatic carbocycles. The number of carbonyl (C=O) groups is 2. The summed E-state index contributed by atoms with van der Waals surface area (Å²) in [4.78, 5) is 26.3. The van der Waals surface area contributed by atoms with E-state index in [1.807, 2.05) is 62.4 Å². The van der Waals surface area contributed by atoms with Crippen LogP contribution in [0.4, 0.5) is 9.59 Å². The molecule has 2 aliphatic heterocycles. The molecule has 6 nitrogen and oxygen atoms in total. The van der Waals surface area contributed by atoms with Crippen LogP contribution in [0.15, 0.2) is 48.5 Å². The molecule has 28 heavy (non-hydrogen) atoms. The topological polar surface area (TPSA) is 59.1 Å². The number of hydrogen-bond acceptors (Lipinski definition) is 4. The molecule has 0 saturated carbocycles. The lowest BCUT2D eigenvalue weighted by atomic mass is 9.63. The van der Waals surface area contributed by atoms with Gasteiger partial charge in [-0.25, -0.2) is 9.59 Å². The number of hydrazine groups is 1. The summed E-state index contributed by atoms with van der Waals surface area (Å²) >= 11 is 0. The Kier molecular flexibility index (Phi) is 4.10. The van der Waals surface area contributed by atoms with E-state index in [4.69, 9.17) is 9.47 Å². The Balaban J connectivity index is 2.09. The molecule has 0 saturated heterocycles. The first-order valence-electron chi connectivity index (χ1n) is 9.56. The van der Waals surface area contributed by atoms with E-state index in [0.29, 0.717) is 0 Å². The predicted molar refractivity (Wildman–Crippen MR) is 104 cm³/mol. The van der Waals surface area contributed by atoms with E-state index in [-0.39, 0.29) is 13.2 Å². The third-order valence-corrected chi connectivity index (χ3v) is 5.88. The van der Waals surface area contributed by atoms with Crippen molar-refractivity contribution in [3.05, 3.63) is 70.8 Å². The number of ether oxygens (including phenoxy) is 2. The smallest absolute Gasteiger partial charge is 0.430 e. The molecule has 0 spiro atoms. The average Bonchev–Trinajstić information content (AvgIpc) is 2.70. The summed E-state index contributed by atoms with van der Waals surface area (Å²) in [6.07, 6.45) is -1.15. The quantitative estimate of drug-likeness (QED) is 0.776. The van der Waals surface area contributed by atoms with Crippen LogP contribution in [0.3, 0.4) is 0 Å². The van der Waals surface area contributed by atoms with E-state index in [0.717, 1.165) is 22.3 Å². The Bertz CT molecular complexity index is 832. The molecule has 0 unspecified atom stereocenters. The molecule has 5 rings (SSSR count). The lowest BCUT2D eigenvalue weighted by Gasteiger charge is -2.62. The fourth-order valence-electron chi connectivity index (χ4n) is 4.71. The molecule has 0 radical (unpaired) electrons. The Morgan fingerprint density at radius 3 is 1.25 bits per heavy atom. The summed E-state index contributed by atoms with van der Waals surface area (Å²) in [5.74, 6) is 0. The van der Waals surface area contributed by atoms with Crippen LogP contribution >= 0.6 is 0 Å². The molecule has 2 aromatic rings. The number of nitrogens with zero attached hydrogens (tertiary/aromatic N) is 2. The SMILES string of the molecule is CCOC(=O)N1N(C(=O)OCC)C2(C)c3ccccc3C1(C)c1ccccc12. The van der Waals surface area contributed by atoms with Gasteiger partial charge in [-0.2, -0.15) is 10.0 Å². The third-order valence-electron chi connectivity index (χ3n) is 5.88. The van der Waals surface area contributed by atoms with E-state index in [9.17, 15) is 9.59 Å². The molecule has 3 aliphatic rings. The summed E-state index contributed by atoms with van der Waals surface area (Å²) in [7, 11) is 0. The summed E-state index contributed by atoms with van der Waals surface area (Å²) in [5, 5.41) is 2.86. The van der Waals surface area contributed by atoms with Crippen LogP contribution in [0, 0.1) is 0 Å². The van der Waals surface area contributed by atoms with Gasteiger partial charge in [-0.3, -0.25) is 0 Å². The Morgan fingerprint density at radius 2 is 1.00 bits per heavy atom. The fraction of sp³-hybridized carbons (Fsp3) is 0.364. The lowest BCUT2D eigenvalue weighted by molar-refractivity contribution is -0.134. The van der Waals surface area contributed by atoms with Crippen molar-refractivity contribution in [2.45, 2.75) is 38.8 Å². The van der Waals surface area contributed by atoms with Gasteiger partial charge in [-0.05, 0) is 49.9 Å². The standard InChI is InChI=1S/C22H24N2O4/c1-5-27-19(25)23-21(3)15-11-7-9-13-17(15)22(4,24(23)20(26)28-6-2)18-14-10-8-12-16(18)21/h7-14H,5-6H2,1-4H3. The van der Waals surface area contributed by atoms with E-state index < -0.39 is 23.3 Å². The van der Waals surface area contributed by atoms with Crippen LogP contribution in [-0.2, 0) is 20.6 Å². The summed E-state index contributed by atoms with van der Waals surface area (Å²) in [6, 6.07) is 15.9. The maximum Gasteiger partial charge on any atom is 0.430 e. The molecule has 2 bridgehead atoms. The summed E-state index contributed by atoms with van der Waals surface area (Å²) in [6.45, 7) is 7.82. The second-order valence-corrected chi connectivity index (χ2v) is 7.26. The monoisotopic (exact) mass is 380 g/mol. The second-order valence-electron chi connectivity index (χ2n) is 7.26. The van der Waals surface area contributed by atoms with Gasteiger partial charge in [0.15, 0.2) is 0 Å². The second kappa shape index (κ2) is 6.26. The van der Waals surface area contributed by atoms with Gasteiger partial charge in [-0.1, -0.05) is 48.5 Å². The minimum Gasteiger partial charge on any atom is -0.448 e. The maximum absolute atomic E-state index is 13.1. The van der Waals surface area contributed by atoms with Crippen LogP contribution in [0.1, 0.15) is 49.9 Å². The van der Waals surface area contributed by atoms with Gasteiger partial charge >= 0.3 is 12.2 Å². The van der Waals surface area contributed by atoms with Crippen LogP contribution < -0.4 is 0 Å². The van der Waals surface area contributed by atoms with Crippen molar-refractivity contribution < 1.29 is 19.1 Å². The van der Waals surface area contributed by atoms with Crippen molar-refractivity contribution in [1.29, 1.82) is 0 Å². The van der Waals surface area contributed by atoms with Gasteiger partial charge in [0.2, 0.25) is 0 Å². The highest BCUT2D eigenvalue weighted by Gasteiger charge is 2.64. The fourth-order valence-corrected chi connectivity index (χ4v) is 4.71. The molecule has 0 aromatic heterocycles. The average molecular weight is 380 g/mol. The normalized spacial score (nSPS) is 24.4. The Morgan fingerprint density at radius 1 is 0.714 bits per heavy atom. The van der Waals surface area contributed by atoms with Gasteiger partial charge in [0.1, 0.15) is 11.1 Å². The van der Waals surface area contributed by atoms with Crippen molar-refractivity contribution >= 4 is 12.2 Å². The van der Waals surface area contributed by atoms with Gasteiger partial charge in [0.25, 0.3) is 0 Å². The Hall–Kier alpha value is -3.02. The van der Waals surface area contributed by atoms with Crippen molar-refractivity contribution in [3.63, 3.8) is 0 Å². The van der Waals surface area contributed by atoms with Gasteiger partial charge < -0.3 is 9.47 Å². The number of hydrogen-bond donors (Lipinski definition) is 0. The molecule has 146 valence electrons. The highest BCUT2D eigenvalue weighted by Crippen LogP contribution is 2.59. The number of fused-ring (bicyclic) bond motifs is 1. The van der Waals surface area contributed by atoms with Crippen LogP contribution in [0.2, 0.25) is 0 Å². The Labute approximate surface area is 164 Å². The molecular weight excluding hydrogens is 356 g/mol. The van der Waals surface area contributed by atoms with Crippen molar-refractivity contribution in [2.75, 3.05) is 13.2 Å². The first-order valence-corrected chi connectivity index (χ1v) is 9.56. The zero-order valence-electron chi connectivity index (χ0n) is 16.6. The molecule has 0 N–H and O–H groups in total. The first kappa shape index (κ1) is 18.3.